The minimum absolute atomic E-state index is 0.468. The molecule has 0 saturated heterocycles. The summed E-state index contributed by atoms with van der Waals surface area (Å²) in [6, 6.07) is 0.624. The number of rotatable bonds is 5. The van der Waals surface area contributed by atoms with Crippen LogP contribution in [0, 0.1) is 23.2 Å². The standard InChI is InChI=1S/C17H35N/c1-7-8-14-9-10-15(12-18-13(2)3)16(11-14)17(4,5)6/h13-16,18H,7-12H2,1-6H3. The molecule has 1 aliphatic rings. The fraction of sp³-hybridized carbons (Fsp3) is 1.00. The van der Waals surface area contributed by atoms with Gasteiger partial charge >= 0.3 is 0 Å². The molecule has 0 aromatic carbocycles. The summed E-state index contributed by atoms with van der Waals surface area (Å²) in [5.74, 6) is 2.78. The normalized spacial score (nSPS) is 29.8. The second-order valence-corrected chi connectivity index (χ2v) is 7.76. The first-order chi connectivity index (χ1) is 8.34. The van der Waals surface area contributed by atoms with Crippen LogP contribution in [-0.4, -0.2) is 12.6 Å². The van der Waals surface area contributed by atoms with Crippen molar-refractivity contribution in [1.82, 2.24) is 5.32 Å². The van der Waals surface area contributed by atoms with Crippen molar-refractivity contribution in [2.24, 2.45) is 23.2 Å². The number of hydrogen-bond donors (Lipinski definition) is 1. The fourth-order valence-corrected chi connectivity index (χ4v) is 3.68. The molecule has 0 radical (unpaired) electrons. The number of nitrogens with one attached hydrogen (secondary N) is 1. The molecule has 1 heteroatoms. The Hall–Kier alpha value is -0.0400. The van der Waals surface area contributed by atoms with E-state index >= 15 is 0 Å². The van der Waals surface area contributed by atoms with Gasteiger partial charge in [0, 0.05) is 6.04 Å². The summed E-state index contributed by atoms with van der Waals surface area (Å²) in [5, 5.41) is 3.66. The van der Waals surface area contributed by atoms with Gasteiger partial charge in [-0.25, -0.2) is 0 Å². The van der Waals surface area contributed by atoms with E-state index in [0.717, 1.165) is 17.8 Å². The van der Waals surface area contributed by atoms with E-state index in [9.17, 15) is 0 Å². The van der Waals surface area contributed by atoms with Crippen molar-refractivity contribution < 1.29 is 0 Å². The van der Waals surface area contributed by atoms with E-state index < -0.39 is 0 Å². The average Bonchev–Trinajstić information content (AvgIpc) is 2.26. The van der Waals surface area contributed by atoms with E-state index in [1.165, 1.54) is 38.6 Å². The third-order valence-electron chi connectivity index (χ3n) is 4.70. The molecule has 0 heterocycles. The van der Waals surface area contributed by atoms with Gasteiger partial charge in [0.05, 0.1) is 0 Å². The van der Waals surface area contributed by atoms with Crippen molar-refractivity contribution in [3.63, 3.8) is 0 Å². The highest BCUT2D eigenvalue weighted by Gasteiger charge is 2.36. The van der Waals surface area contributed by atoms with Crippen LogP contribution in [0.2, 0.25) is 0 Å². The van der Waals surface area contributed by atoms with Crippen molar-refractivity contribution in [1.29, 1.82) is 0 Å². The quantitative estimate of drug-likeness (QED) is 0.737. The van der Waals surface area contributed by atoms with Gasteiger partial charge in [0.1, 0.15) is 0 Å². The summed E-state index contributed by atoms with van der Waals surface area (Å²) in [6.07, 6.45) is 7.16. The first-order valence-electron chi connectivity index (χ1n) is 8.08. The molecule has 1 rings (SSSR count). The average molecular weight is 253 g/mol. The maximum atomic E-state index is 3.66. The summed E-state index contributed by atoms with van der Waals surface area (Å²) in [5.41, 5.74) is 0.468. The molecule has 1 N–H and O–H groups in total. The first kappa shape index (κ1) is 16.0. The van der Waals surface area contributed by atoms with Gasteiger partial charge in [0.15, 0.2) is 0 Å². The molecule has 1 saturated carbocycles. The van der Waals surface area contributed by atoms with Crippen LogP contribution in [-0.2, 0) is 0 Å². The Morgan fingerprint density at radius 2 is 1.83 bits per heavy atom. The Labute approximate surface area is 115 Å². The van der Waals surface area contributed by atoms with E-state index in [0.29, 0.717) is 11.5 Å². The number of hydrogen-bond acceptors (Lipinski definition) is 1. The van der Waals surface area contributed by atoms with Crippen LogP contribution in [0.5, 0.6) is 0 Å². The van der Waals surface area contributed by atoms with Crippen molar-refractivity contribution in [3.8, 4) is 0 Å². The second kappa shape index (κ2) is 6.93. The Kier molecular flexibility index (Phi) is 6.17. The highest BCUT2D eigenvalue weighted by Crippen LogP contribution is 2.44. The predicted molar refractivity (Wildman–Crippen MR) is 81.8 cm³/mol. The summed E-state index contributed by atoms with van der Waals surface area (Å²) in [6.45, 7) is 15.4. The van der Waals surface area contributed by atoms with E-state index in [4.69, 9.17) is 0 Å². The lowest BCUT2D eigenvalue weighted by Gasteiger charge is -2.44. The van der Waals surface area contributed by atoms with Gasteiger partial charge in [0.25, 0.3) is 0 Å². The Morgan fingerprint density at radius 1 is 1.17 bits per heavy atom. The monoisotopic (exact) mass is 253 g/mol. The maximum absolute atomic E-state index is 3.66. The van der Waals surface area contributed by atoms with Crippen LogP contribution >= 0.6 is 0 Å². The van der Waals surface area contributed by atoms with E-state index in [1.54, 1.807) is 0 Å². The third kappa shape index (κ3) is 4.91. The molecule has 0 amide bonds. The second-order valence-electron chi connectivity index (χ2n) is 7.76. The lowest BCUT2D eigenvalue weighted by Crippen LogP contribution is -2.41. The van der Waals surface area contributed by atoms with Gasteiger partial charge in [-0.15, -0.1) is 0 Å². The van der Waals surface area contributed by atoms with Gasteiger partial charge < -0.3 is 5.32 Å². The van der Waals surface area contributed by atoms with E-state index in [1.807, 2.05) is 0 Å². The Morgan fingerprint density at radius 3 is 2.33 bits per heavy atom. The molecule has 0 bridgehead atoms. The van der Waals surface area contributed by atoms with Gasteiger partial charge in [-0.1, -0.05) is 60.8 Å². The third-order valence-corrected chi connectivity index (χ3v) is 4.70. The summed E-state index contributed by atoms with van der Waals surface area (Å²) >= 11 is 0. The zero-order chi connectivity index (χ0) is 13.8. The summed E-state index contributed by atoms with van der Waals surface area (Å²) < 4.78 is 0. The van der Waals surface area contributed by atoms with Gasteiger partial charge in [-0.3, -0.25) is 0 Å². The molecule has 1 nitrogen and oxygen atoms in total. The van der Waals surface area contributed by atoms with Gasteiger partial charge in [-0.05, 0) is 42.6 Å². The van der Waals surface area contributed by atoms with Crippen LogP contribution in [0.3, 0.4) is 0 Å². The molecule has 1 fully saturated rings. The van der Waals surface area contributed by atoms with Crippen molar-refractivity contribution >= 4 is 0 Å². The highest BCUT2D eigenvalue weighted by molar-refractivity contribution is 4.88. The van der Waals surface area contributed by atoms with E-state index in [-0.39, 0.29) is 0 Å². The molecule has 0 aromatic rings. The molecule has 3 atom stereocenters. The van der Waals surface area contributed by atoms with Crippen molar-refractivity contribution in [2.45, 2.75) is 79.7 Å². The summed E-state index contributed by atoms with van der Waals surface area (Å²) in [7, 11) is 0. The Bertz CT molecular complexity index is 226. The molecule has 3 unspecified atom stereocenters. The highest BCUT2D eigenvalue weighted by atomic mass is 14.9. The van der Waals surface area contributed by atoms with Crippen LogP contribution in [0.15, 0.2) is 0 Å². The molecular weight excluding hydrogens is 218 g/mol. The van der Waals surface area contributed by atoms with Crippen LogP contribution in [0.4, 0.5) is 0 Å². The largest absolute Gasteiger partial charge is 0.314 e. The molecule has 0 aliphatic heterocycles. The summed E-state index contributed by atoms with van der Waals surface area (Å²) in [4.78, 5) is 0. The lowest BCUT2D eigenvalue weighted by molar-refractivity contribution is 0.0713. The predicted octanol–water partition coefficient (Wildman–Crippen LogP) is 4.86. The van der Waals surface area contributed by atoms with Crippen LogP contribution in [0.1, 0.15) is 73.6 Å². The topological polar surface area (TPSA) is 12.0 Å². The minimum Gasteiger partial charge on any atom is -0.314 e. The van der Waals surface area contributed by atoms with Crippen molar-refractivity contribution in [2.75, 3.05) is 6.54 Å². The molecule has 0 spiro atoms. The maximum Gasteiger partial charge on any atom is 0.00104 e. The van der Waals surface area contributed by atoms with Crippen LogP contribution < -0.4 is 5.32 Å². The van der Waals surface area contributed by atoms with E-state index in [2.05, 4.69) is 46.9 Å². The fourth-order valence-electron chi connectivity index (χ4n) is 3.68. The lowest BCUT2D eigenvalue weighted by atomic mass is 9.63. The molecule has 18 heavy (non-hydrogen) atoms. The molecule has 1 aliphatic carbocycles. The van der Waals surface area contributed by atoms with Crippen molar-refractivity contribution in [3.05, 3.63) is 0 Å². The molecular formula is C17H35N. The zero-order valence-corrected chi connectivity index (χ0v) is 13.6. The molecule has 108 valence electrons. The SMILES string of the molecule is CCCC1CCC(CNC(C)C)C(C(C)(C)C)C1. The van der Waals surface area contributed by atoms with Gasteiger partial charge in [-0.2, -0.15) is 0 Å². The minimum atomic E-state index is 0.468. The Balaban J connectivity index is 2.60. The molecule has 0 aromatic heterocycles. The first-order valence-corrected chi connectivity index (χ1v) is 8.08. The van der Waals surface area contributed by atoms with Gasteiger partial charge in [0.2, 0.25) is 0 Å². The smallest absolute Gasteiger partial charge is 0.00104 e. The zero-order valence-electron chi connectivity index (χ0n) is 13.6. The van der Waals surface area contributed by atoms with Crippen LogP contribution in [0.25, 0.3) is 0 Å².